The number of carbonyl (C=O) groups excluding carboxylic acids is 1. The number of anilines is 1. The van der Waals surface area contributed by atoms with Crippen LogP contribution in [-0.4, -0.2) is 56.1 Å². The Labute approximate surface area is 156 Å². The first-order valence-electron chi connectivity index (χ1n) is 7.83. The Balaban J connectivity index is 1.80. The summed E-state index contributed by atoms with van der Waals surface area (Å²) in [6.07, 6.45) is 1.37. The van der Waals surface area contributed by atoms with Crippen LogP contribution in [0.5, 0.6) is 0 Å². The summed E-state index contributed by atoms with van der Waals surface area (Å²) in [4.78, 5) is 17.8. The van der Waals surface area contributed by atoms with Gasteiger partial charge in [-0.2, -0.15) is 0 Å². The molecule has 1 aliphatic heterocycles. The van der Waals surface area contributed by atoms with Crippen LogP contribution in [0.15, 0.2) is 30.5 Å². The molecule has 2 aromatic rings. The van der Waals surface area contributed by atoms with Crippen molar-refractivity contribution in [1.82, 2.24) is 14.4 Å². The van der Waals surface area contributed by atoms with E-state index in [2.05, 4.69) is 4.98 Å². The molecule has 0 spiro atoms. The molecule has 11 heteroatoms. The molecule has 0 bridgehead atoms. The molecule has 1 fully saturated rings. The molecule has 1 aromatic carbocycles. The first-order chi connectivity index (χ1) is 12.5. The number of thiazole rings is 1. The van der Waals surface area contributed by atoms with Crippen molar-refractivity contribution in [2.75, 3.05) is 31.1 Å². The maximum Gasteiger partial charge on any atom is 0.286 e. The van der Waals surface area contributed by atoms with Gasteiger partial charge >= 0.3 is 0 Å². The Bertz CT molecular complexity index is 820. The van der Waals surface area contributed by atoms with E-state index in [-0.39, 0.29) is 15.4 Å². The third-order valence-electron chi connectivity index (χ3n) is 4.40. The van der Waals surface area contributed by atoms with E-state index in [1.165, 1.54) is 6.20 Å². The monoisotopic (exact) mass is 398 g/mol. The van der Waals surface area contributed by atoms with Crippen LogP contribution in [0.1, 0.15) is 15.2 Å². The number of hydroxylamine groups is 1. The maximum atomic E-state index is 12.0. The van der Waals surface area contributed by atoms with Crippen LogP contribution < -0.4 is 14.3 Å². The Kier molecular flexibility index (Phi) is 5.65. The molecule has 0 radical (unpaired) electrons. The Hall–Kier alpha value is -1.89. The number of nitrogens with zero attached hydrogens (tertiary/aromatic N) is 3. The largest absolute Gasteiger partial charge is 0.724 e. The molecule has 3 rings (SSSR count). The molecule has 1 aliphatic rings. The molecule has 3 N–H and O–H groups in total. The Morgan fingerprint density at radius 1 is 1.42 bits per heavy atom. The molecule has 1 saturated heterocycles. The van der Waals surface area contributed by atoms with Crippen LogP contribution in [0.2, 0.25) is 0 Å². The summed E-state index contributed by atoms with van der Waals surface area (Å²) in [7, 11) is 0. The van der Waals surface area contributed by atoms with Gasteiger partial charge in [-0.1, -0.05) is 23.5 Å². The number of aliphatic hydroxyl groups is 1. The third-order valence-corrected chi connectivity index (χ3v) is 6.60. The highest BCUT2D eigenvalue weighted by Crippen LogP contribution is 2.31. The van der Waals surface area contributed by atoms with E-state index in [0.717, 1.165) is 11.3 Å². The second-order valence-corrected chi connectivity index (χ2v) is 7.96. The minimum Gasteiger partial charge on any atom is -0.724 e. The summed E-state index contributed by atoms with van der Waals surface area (Å²) in [5, 5.41) is 18.6. The second kappa shape index (κ2) is 7.78. The molecule has 26 heavy (non-hydrogen) atoms. The van der Waals surface area contributed by atoms with Gasteiger partial charge in [0, 0.05) is 12.1 Å². The summed E-state index contributed by atoms with van der Waals surface area (Å²) in [5.41, 5.74) is 2.84. The number of amides is 1. The molecule has 140 valence electrons. The van der Waals surface area contributed by atoms with Gasteiger partial charge in [0.1, 0.15) is 23.7 Å². The number of aromatic nitrogens is 1. The lowest BCUT2D eigenvalue weighted by molar-refractivity contribution is 0.0710. The summed E-state index contributed by atoms with van der Waals surface area (Å²) < 4.78 is 23.9. The van der Waals surface area contributed by atoms with Crippen molar-refractivity contribution in [3.05, 3.63) is 40.9 Å². The highest BCUT2D eigenvalue weighted by atomic mass is 32.2. The molecule has 1 unspecified atom stereocenters. The van der Waals surface area contributed by atoms with Gasteiger partial charge in [-0.25, -0.2) is 18.6 Å². The lowest BCUT2D eigenvalue weighted by Gasteiger charge is -2.44. The van der Waals surface area contributed by atoms with Crippen molar-refractivity contribution in [2.45, 2.75) is 6.61 Å². The number of hydrogen-bond acceptors (Lipinski definition) is 8. The SMILES string of the molecule is O=C(NO)c1cnc(N2CC[N+](c3cccc(CO)c3)(S(=O)[O-])CC2)s1. The number of quaternary nitrogens is 1. The molecule has 9 nitrogen and oxygen atoms in total. The average molecular weight is 398 g/mol. The topological polar surface area (TPSA) is 126 Å². The van der Waals surface area contributed by atoms with E-state index in [4.69, 9.17) is 5.21 Å². The lowest BCUT2D eigenvalue weighted by Crippen LogP contribution is -2.61. The van der Waals surface area contributed by atoms with Crippen LogP contribution in [0.25, 0.3) is 0 Å². The van der Waals surface area contributed by atoms with Gasteiger partial charge in [0.05, 0.1) is 25.9 Å². The predicted molar refractivity (Wildman–Crippen MR) is 96.4 cm³/mol. The number of nitrogens with one attached hydrogen (secondary N) is 1. The predicted octanol–water partition coefficient (Wildman–Crippen LogP) is 0.376. The minimum absolute atomic E-state index is 0.153. The van der Waals surface area contributed by atoms with Crippen LogP contribution in [0.4, 0.5) is 10.8 Å². The second-order valence-electron chi connectivity index (χ2n) is 5.82. The van der Waals surface area contributed by atoms with Crippen LogP contribution in [-0.2, 0) is 17.9 Å². The Morgan fingerprint density at radius 3 is 2.77 bits per heavy atom. The van der Waals surface area contributed by atoms with Crippen LogP contribution in [0.3, 0.4) is 0 Å². The Morgan fingerprint density at radius 2 is 2.15 bits per heavy atom. The zero-order valence-corrected chi connectivity index (χ0v) is 15.3. The van der Waals surface area contributed by atoms with Gasteiger partial charge in [-0.3, -0.25) is 10.0 Å². The van der Waals surface area contributed by atoms with Crippen molar-refractivity contribution in [1.29, 1.82) is 0 Å². The van der Waals surface area contributed by atoms with Crippen molar-refractivity contribution < 1.29 is 23.9 Å². The number of piperazine rings is 1. The van der Waals surface area contributed by atoms with Gasteiger partial charge in [0.15, 0.2) is 16.4 Å². The first kappa shape index (κ1) is 18.9. The molecule has 1 atom stereocenters. The molecule has 2 heterocycles. The first-order valence-corrected chi connectivity index (χ1v) is 9.67. The maximum absolute atomic E-state index is 12.0. The van der Waals surface area contributed by atoms with Gasteiger partial charge < -0.3 is 14.6 Å². The van der Waals surface area contributed by atoms with E-state index in [9.17, 15) is 18.7 Å². The smallest absolute Gasteiger partial charge is 0.286 e. The van der Waals surface area contributed by atoms with E-state index in [0.29, 0.717) is 42.6 Å². The van der Waals surface area contributed by atoms with E-state index in [1.807, 2.05) is 4.90 Å². The van der Waals surface area contributed by atoms with Gasteiger partial charge in [0.2, 0.25) is 0 Å². The number of hydrogen-bond donors (Lipinski definition) is 3. The number of carbonyl (C=O) groups is 1. The molecule has 0 aliphatic carbocycles. The third kappa shape index (κ3) is 3.49. The summed E-state index contributed by atoms with van der Waals surface area (Å²) >= 11 is -1.25. The number of rotatable bonds is 5. The fourth-order valence-corrected chi connectivity index (χ4v) is 4.56. The van der Waals surface area contributed by atoms with Crippen molar-refractivity contribution in [3.8, 4) is 0 Å². The fourth-order valence-electron chi connectivity index (χ4n) is 2.95. The molecular formula is C15H18N4O5S2. The van der Waals surface area contributed by atoms with Crippen LogP contribution in [0, 0.1) is 0 Å². The zero-order valence-electron chi connectivity index (χ0n) is 13.7. The zero-order chi connectivity index (χ0) is 18.7. The molecule has 0 saturated carbocycles. The van der Waals surface area contributed by atoms with Crippen LogP contribution >= 0.6 is 11.3 Å². The van der Waals surface area contributed by atoms with E-state index >= 15 is 0 Å². The highest BCUT2D eigenvalue weighted by Gasteiger charge is 2.38. The van der Waals surface area contributed by atoms with E-state index in [1.54, 1.807) is 29.7 Å². The number of aliphatic hydroxyl groups excluding tert-OH is 1. The van der Waals surface area contributed by atoms with Gasteiger partial charge in [0.25, 0.3) is 5.91 Å². The summed E-state index contributed by atoms with van der Waals surface area (Å²) in [6, 6.07) is 6.93. The standard InChI is InChI=1S/C15H18N4O5S2/c20-10-11-2-1-3-12(8-11)19(26(23)24)6-4-18(5-7-19)15-16-9-13(25-15)14(21)17-22/h1-3,8-9,20H,4-7,10H2,(H2-,17,21,22,23,24). The normalized spacial score (nSPS) is 17.7. The van der Waals surface area contributed by atoms with Crippen molar-refractivity contribution in [3.63, 3.8) is 0 Å². The fraction of sp³-hybridized carbons (Fsp3) is 0.333. The quantitative estimate of drug-likeness (QED) is 0.288. The van der Waals surface area contributed by atoms with Crippen molar-refractivity contribution >= 4 is 39.3 Å². The lowest BCUT2D eigenvalue weighted by atomic mass is 10.2. The highest BCUT2D eigenvalue weighted by molar-refractivity contribution is 7.78. The average Bonchev–Trinajstić information content (AvgIpc) is 3.17. The van der Waals surface area contributed by atoms with Gasteiger partial charge in [-0.15, -0.1) is 0 Å². The summed E-state index contributed by atoms with van der Waals surface area (Å²) in [6.45, 7) is 1.34. The summed E-state index contributed by atoms with van der Waals surface area (Å²) in [5.74, 6) is -0.627. The molecule has 1 aromatic heterocycles. The van der Waals surface area contributed by atoms with E-state index < -0.39 is 17.2 Å². The minimum atomic E-state index is -2.38. The number of benzene rings is 1. The van der Waals surface area contributed by atoms with Crippen molar-refractivity contribution in [2.24, 2.45) is 0 Å². The molecule has 1 amide bonds. The molecular weight excluding hydrogens is 380 g/mol. The van der Waals surface area contributed by atoms with Gasteiger partial charge in [-0.05, 0) is 5.56 Å².